The Morgan fingerprint density at radius 3 is 2.17 bits per heavy atom. The molecular formula is C19H14N2O2S. The second-order valence-electron chi connectivity index (χ2n) is 5.47. The molecule has 0 aliphatic rings. The van der Waals surface area contributed by atoms with Gasteiger partial charge in [0.15, 0.2) is 10.7 Å². The van der Waals surface area contributed by atoms with E-state index < -0.39 is 5.97 Å². The molecule has 4 aromatic rings. The number of benzene rings is 2. The monoisotopic (exact) mass is 334 g/mol. The smallest absolute Gasteiger partial charge is 0.355 e. The van der Waals surface area contributed by atoms with Crippen molar-refractivity contribution in [1.82, 2.24) is 9.38 Å². The molecule has 0 atom stereocenters. The third-order valence-electron chi connectivity index (χ3n) is 3.95. The fourth-order valence-corrected chi connectivity index (χ4v) is 3.93. The lowest BCUT2D eigenvalue weighted by Crippen LogP contribution is -2.04. The standard InChI is InChI=1S/C19H14N2O2S/c1-12-16(14-10-6-3-7-11-14)21-17(18(22)23)15(20-19(21)24-12)13-8-4-2-5-9-13/h2-11H,1H3,(H,22,23). The van der Waals surface area contributed by atoms with Crippen molar-refractivity contribution in [3.8, 4) is 22.5 Å². The average Bonchev–Trinajstić information content (AvgIpc) is 3.10. The van der Waals surface area contributed by atoms with Crippen molar-refractivity contribution < 1.29 is 9.90 Å². The molecule has 0 fully saturated rings. The van der Waals surface area contributed by atoms with Crippen LogP contribution in [0.5, 0.6) is 0 Å². The summed E-state index contributed by atoms with van der Waals surface area (Å²) in [5.41, 5.74) is 3.40. The minimum absolute atomic E-state index is 0.208. The molecule has 0 saturated heterocycles. The quantitative estimate of drug-likeness (QED) is 0.589. The first-order valence-electron chi connectivity index (χ1n) is 7.53. The molecule has 0 saturated carbocycles. The Morgan fingerprint density at radius 2 is 1.58 bits per heavy atom. The summed E-state index contributed by atoms with van der Waals surface area (Å²) in [6.45, 7) is 2.00. The van der Waals surface area contributed by atoms with E-state index >= 15 is 0 Å². The van der Waals surface area contributed by atoms with Gasteiger partial charge in [-0.25, -0.2) is 9.78 Å². The van der Waals surface area contributed by atoms with E-state index in [0.29, 0.717) is 10.7 Å². The van der Waals surface area contributed by atoms with Crippen LogP contribution in [0.25, 0.3) is 27.5 Å². The van der Waals surface area contributed by atoms with Gasteiger partial charge in [0.25, 0.3) is 0 Å². The van der Waals surface area contributed by atoms with Crippen LogP contribution < -0.4 is 0 Å². The Morgan fingerprint density at radius 1 is 1.00 bits per heavy atom. The van der Waals surface area contributed by atoms with Crippen molar-refractivity contribution in [1.29, 1.82) is 0 Å². The number of carbonyl (C=O) groups is 1. The minimum atomic E-state index is -0.976. The zero-order valence-corrected chi connectivity index (χ0v) is 13.7. The average molecular weight is 334 g/mol. The number of fused-ring (bicyclic) bond motifs is 1. The predicted octanol–water partition coefficient (Wildman–Crippen LogP) is 4.74. The normalized spacial score (nSPS) is 11.0. The molecule has 2 aromatic heterocycles. The fourth-order valence-electron chi connectivity index (χ4n) is 2.94. The van der Waals surface area contributed by atoms with E-state index in [4.69, 9.17) is 0 Å². The molecule has 118 valence electrons. The highest BCUT2D eigenvalue weighted by molar-refractivity contribution is 7.17. The molecule has 2 heterocycles. The summed E-state index contributed by atoms with van der Waals surface area (Å²) in [6.07, 6.45) is 0. The highest BCUT2D eigenvalue weighted by Gasteiger charge is 2.25. The number of rotatable bonds is 3. The van der Waals surface area contributed by atoms with Crippen LogP contribution in [0.2, 0.25) is 0 Å². The summed E-state index contributed by atoms with van der Waals surface area (Å²) in [4.78, 5) is 18.4. The number of carboxylic acid groups (broad SMARTS) is 1. The highest BCUT2D eigenvalue weighted by Crippen LogP contribution is 2.36. The van der Waals surface area contributed by atoms with Gasteiger partial charge >= 0.3 is 5.97 Å². The summed E-state index contributed by atoms with van der Waals surface area (Å²) >= 11 is 1.51. The van der Waals surface area contributed by atoms with E-state index in [-0.39, 0.29) is 5.69 Å². The van der Waals surface area contributed by atoms with Crippen LogP contribution in [0.1, 0.15) is 15.4 Å². The Bertz CT molecular complexity index is 1030. The van der Waals surface area contributed by atoms with E-state index in [1.165, 1.54) is 11.3 Å². The Kier molecular flexibility index (Phi) is 3.43. The van der Waals surface area contributed by atoms with Crippen LogP contribution in [0.15, 0.2) is 60.7 Å². The van der Waals surface area contributed by atoms with Crippen LogP contribution in [0.3, 0.4) is 0 Å². The van der Waals surface area contributed by atoms with Crippen LogP contribution in [-0.2, 0) is 0 Å². The summed E-state index contributed by atoms with van der Waals surface area (Å²) in [5.74, 6) is -0.976. The molecule has 0 aliphatic carbocycles. The number of nitrogens with zero attached hydrogens (tertiary/aromatic N) is 2. The van der Waals surface area contributed by atoms with Gasteiger partial charge in [0, 0.05) is 10.4 Å². The molecule has 2 aromatic carbocycles. The minimum Gasteiger partial charge on any atom is -0.476 e. The van der Waals surface area contributed by atoms with Gasteiger partial charge in [-0.15, -0.1) is 11.3 Å². The maximum Gasteiger partial charge on any atom is 0.355 e. The number of imidazole rings is 1. The first kappa shape index (κ1) is 14.7. The number of aryl methyl sites for hydroxylation is 1. The second kappa shape index (κ2) is 5.62. The Labute approximate surface area is 142 Å². The number of aromatic nitrogens is 2. The van der Waals surface area contributed by atoms with Gasteiger partial charge in [0.05, 0.1) is 5.69 Å². The molecular weight excluding hydrogens is 320 g/mol. The first-order valence-corrected chi connectivity index (χ1v) is 8.34. The molecule has 0 aliphatic heterocycles. The molecule has 0 spiro atoms. The van der Waals surface area contributed by atoms with Crippen molar-refractivity contribution in [2.24, 2.45) is 0 Å². The highest BCUT2D eigenvalue weighted by atomic mass is 32.1. The lowest BCUT2D eigenvalue weighted by molar-refractivity contribution is 0.0690. The van der Waals surface area contributed by atoms with Crippen molar-refractivity contribution >= 4 is 22.3 Å². The van der Waals surface area contributed by atoms with Crippen LogP contribution >= 0.6 is 11.3 Å². The van der Waals surface area contributed by atoms with Crippen LogP contribution in [0, 0.1) is 6.92 Å². The van der Waals surface area contributed by atoms with Gasteiger partial charge in [-0.2, -0.15) is 0 Å². The molecule has 5 heteroatoms. The SMILES string of the molecule is Cc1sc2nc(-c3ccccc3)c(C(=O)O)n2c1-c1ccccc1. The summed E-state index contributed by atoms with van der Waals surface area (Å²) in [6, 6.07) is 19.3. The lowest BCUT2D eigenvalue weighted by atomic mass is 10.1. The van der Waals surface area contributed by atoms with E-state index in [0.717, 1.165) is 21.7 Å². The number of aromatic carboxylic acids is 1. The summed E-state index contributed by atoms with van der Waals surface area (Å²) in [5, 5.41) is 9.84. The van der Waals surface area contributed by atoms with Gasteiger partial charge in [-0.3, -0.25) is 4.40 Å². The van der Waals surface area contributed by atoms with Crippen molar-refractivity contribution in [3.63, 3.8) is 0 Å². The fraction of sp³-hybridized carbons (Fsp3) is 0.0526. The second-order valence-corrected chi connectivity index (χ2v) is 6.65. The van der Waals surface area contributed by atoms with Crippen LogP contribution in [0.4, 0.5) is 0 Å². The maximum absolute atomic E-state index is 12.0. The van der Waals surface area contributed by atoms with Crippen LogP contribution in [-0.4, -0.2) is 20.5 Å². The molecule has 4 rings (SSSR count). The molecule has 0 radical (unpaired) electrons. The number of hydrogen-bond acceptors (Lipinski definition) is 3. The van der Waals surface area contributed by atoms with Crippen molar-refractivity contribution in [2.45, 2.75) is 6.92 Å². The van der Waals surface area contributed by atoms with Crippen molar-refractivity contribution in [3.05, 3.63) is 71.2 Å². The van der Waals surface area contributed by atoms with E-state index in [1.54, 1.807) is 4.40 Å². The van der Waals surface area contributed by atoms with Gasteiger partial charge in [0.2, 0.25) is 0 Å². The van der Waals surface area contributed by atoms with Gasteiger partial charge in [-0.05, 0) is 12.5 Å². The van der Waals surface area contributed by atoms with E-state index in [9.17, 15) is 9.90 Å². The molecule has 0 bridgehead atoms. The lowest BCUT2D eigenvalue weighted by Gasteiger charge is -2.05. The number of hydrogen-bond donors (Lipinski definition) is 1. The first-order chi connectivity index (χ1) is 11.7. The van der Waals surface area contributed by atoms with E-state index in [1.807, 2.05) is 67.6 Å². The zero-order chi connectivity index (χ0) is 16.7. The predicted molar refractivity (Wildman–Crippen MR) is 95.6 cm³/mol. The topological polar surface area (TPSA) is 54.6 Å². The zero-order valence-electron chi connectivity index (χ0n) is 12.9. The molecule has 4 nitrogen and oxygen atoms in total. The third-order valence-corrected chi connectivity index (χ3v) is 4.90. The Hall–Kier alpha value is -2.92. The largest absolute Gasteiger partial charge is 0.476 e. The van der Waals surface area contributed by atoms with Gasteiger partial charge in [0.1, 0.15) is 5.69 Å². The number of carboxylic acids is 1. The van der Waals surface area contributed by atoms with Gasteiger partial charge in [-0.1, -0.05) is 60.7 Å². The summed E-state index contributed by atoms with van der Waals surface area (Å²) in [7, 11) is 0. The van der Waals surface area contributed by atoms with Gasteiger partial charge < -0.3 is 5.11 Å². The van der Waals surface area contributed by atoms with E-state index in [2.05, 4.69) is 4.98 Å². The number of thiazole rings is 1. The summed E-state index contributed by atoms with van der Waals surface area (Å²) < 4.78 is 1.76. The molecule has 24 heavy (non-hydrogen) atoms. The molecule has 1 N–H and O–H groups in total. The van der Waals surface area contributed by atoms with Crippen molar-refractivity contribution in [2.75, 3.05) is 0 Å². The maximum atomic E-state index is 12.0. The third kappa shape index (κ3) is 2.21. The Balaban J connectivity index is 2.08. The molecule has 0 unspecified atom stereocenters. The molecule has 0 amide bonds.